The monoisotopic (exact) mass is 504 g/mol. The smallest absolute Gasteiger partial charge is 0.219 e. The van der Waals surface area contributed by atoms with Gasteiger partial charge in [-0.15, -0.1) is 0 Å². The fourth-order valence-corrected chi connectivity index (χ4v) is 5.59. The predicted molar refractivity (Wildman–Crippen MR) is 150 cm³/mol. The number of nitrogens with zero attached hydrogens (tertiary/aromatic N) is 2. The van der Waals surface area contributed by atoms with Gasteiger partial charge in [0, 0.05) is 56.7 Å². The van der Waals surface area contributed by atoms with Gasteiger partial charge in [0.1, 0.15) is 6.54 Å². The van der Waals surface area contributed by atoms with E-state index < -0.39 is 0 Å². The van der Waals surface area contributed by atoms with E-state index in [0.29, 0.717) is 13.0 Å². The van der Waals surface area contributed by atoms with Crippen LogP contribution < -0.4 is 14.8 Å². The van der Waals surface area contributed by atoms with Crippen molar-refractivity contribution in [1.29, 1.82) is 0 Å². The molecule has 2 heterocycles. The van der Waals surface area contributed by atoms with Gasteiger partial charge in [-0.25, -0.2) is 0 Å². The summed E-state index contributed by atoms with van der Waals surface area (Å²) >= 11 is 1.82. The zero-order chi connectivity index (χ0) is 25.2. The Morgan fingerprint density at radius 1 is 1.03 bits per heavy atom. The minimum Gasteiger partial charge on any atom is -0.381 e. The Hall–Kier alpha value is -2.83. The highest BCUT2D eigenvalue weighted by molar-refractivity contribution is 8.03. The third-order valence-electron chi connectivity index (χ3n) is 6.45. The van der Waals surface area contributed by atoms with Crippen LogP contribution in [0, 0.1) is 0 Å². The van der Waals surface area contributed by atoms with E-state index in [1.807, 2.05) is 11.8 Å². The van der Waals surface area contributed by atoms with Crippen molar-refractivity contribution in [2.75, 3.05) is 31.7 Å². The van der Waals surface area contributed by atoms with E-state index in [9.17, 15) is 4.79 Å². The molecule has 1 amide bonds. The summed E-state index contributed by atoms with van der Waals surface area (Å²) in [6.07, 6.45) is 10.0. The molecule has 4 rings (SSSR count). The summed E-state index contributed by atoms with van der Waals surface area (Å²) in [7, 11) is 2.14. The van der Waals surface area contributed by atoms with Gasteiger partial charge >= 0.3 is 0 Å². The first-order valence-electron chi connectivity index (χ1n) is 13.2. The van der Waals surface area contributed by atoms with Crippen molar-refractivity contribution < 1.29 is 14.1 Å². The van der Waals surface area contributed by atoms with E-state index in [2.05, 4.69) is 95.6 Å². The highest BCUT2D eigenvalue weighted by Crippen LogP contribution is 2.45. The first kappa shape index (κ1) is 26.2. The molecule has 3 aromatic rings. The minimum absolute atomic E-state index is 0.151. The third kappa shape index (κ3) is 6.89. The van der Waals surface area contributed by atoms with Gasteiger partial charge < -0.3 is 15.0 Å². The summed E-state index contributed by atoms with van der Waals surface area (Å²) in [5, 5.41) is 5.51. The number of para-hydroxylation sites is 2. The summed E-state index contributed by atoms with van der Waals surface area (Å²) in [6, 6.07) is 19.4. The molecule has 36 heavy (non-hydrogen) atoms. The number of carbonyl (C=O) groups excluding carboxylic acids is 1. The molecule has 1 aliphatic rings. The van der Waals surface area contributed by atoms with Crippen molar-refractivity contribution in [3.8, 4) is 0 Å². The van der Waals surface area contributed by atoms with Crippen molar-refractivity contribution in [2.45, 2.75) is 56.9 Å². The third-order valence-corrected chi connectivity index (χ3v) is 7.61. The van der Waals surface area contributed by atoms with E-state index in [1.54, 1.807) is 0 Å². The Morgan fingerprint density at radius 3 is 2.72 bits per heavy atom. The van der Waals surface area contributed by atoms with Gasteiger partial charge in [0.2, 0.25) is 11.4 Å². The molecule has 5 nitrogen and oxygen atoms in total. The summed E-state index contributed by atoms with van der Waals surface area (Å²) < 4.78 is 7.79. The topological polar surface area (TPSA) is 45.5 Å². The molecule has 190 valence electrons. The second-order valence-corrected chi connectivity index (χ2v) is 10.3. The molecule has 0 spiro atoms. The Balaban J connectivity index is 1.29. The number of unbranched alkanes of at least 4 members (excludes halogenated alkanes) is 2. The summed E-state index contributed by atoms with van der Waals surface area (Å²) in [5.74, 6) is 0.151. The van der Waals surface area contributed by atoms with Crippen molar-refractivity contribution in [3.63, 3.8) is 0 Å². The van der Waals surface area contributed by atoms with Crippen LogP contribution in [0.4, 0.5) is 5.69 Å². The number of rotatable bonds is 13. The number of pyridine rings is 1. The minimum atomic E-state index is 0.151. The average molecular weight is 505 g/mol. The molecular weight excluding hydrogens is 466 g/mol. The lowest BCUT2D eigenvalue weighted by molar-refractivity contribution is -0.671. The number of thioether (sulfide) groups is 1. The van der Waals surface area contributed by atoms with Gasteiger partial charge in [-0.2, -0.15) is 4.57 Å². The molecule has 0 unspecified atom stereocenters. The molecule has 0 bridgehead atoms. The van der Waals surface area contributed by atoms with Gasteiger partial charge in [-0.3, -0.25) is 4.79 Å². The van der Waals surface area contributed by atoms with E-state index in [4.69, 9.17) is 4.74 Å². The lowest BCUT2D eigenvalue weighted by atomic mass is 10.1. The normalized spacial score (nSPS) is 13.9. The Bertz CT molecular complexity index is 1190. The molecule has 1 aliphatic heterocycles. The van der Waals surface area contributed by atoms with E-state index in [1.165, 1.54) is 32.1 Å². The number of fused-ring (bicyclic) bond motifs is 2. The first-order valence-corrected chi connectivity index (χ1v) is 14.0. The lowest BCUT2D eigenvalue weighted by Gasteiger charge is -2.13. The number of anilines is 1. The van der Waals surface area contributed by atoms with Crippen molar-refractivity contribution in [3.05, 3.63) is 71.4 Å². The van der Waals surface area contributed by atoms with Crippen molar-refractivity contribution in [1.82, 2.24) is 5.32 Å². The maximum Gasteiger partial charge on any atom is 0.219 e. The van der Waals surface area contributed by atoms with E-state index >= 15 is 0 Å². The number of hydrogen-bond acceptors (Lipinski definition) is 4. The molecule has 1 N–H and O–H groups in total. The molecule has 0 fully saturated rings. The van der Waals surface area contributed by atoms with Crippen LogP contribution in [0.15, 0.2) is 70.7 Å². The highest BCUT2D eigenvalue weighted by Gasteiger charge is 2.22. The van der Waals surface area contributed by atoms with Gasteiger partial charge in [-0.05, 0) is 55.5 Å². The van der Waals surface area contributed by atoms with Crippen molar-refractivity contribution in [2.24, 2.45) is 0 Å². The molecule has 0 radical (unpaired) electrons. The quantitative estimate of drug-likeness (QED) is 0.224. The Morgan fingerprint density at radius 2 is 1.86 bits per heavy atom. The number of aryl methyl sites for hydroxylation is 1. The van der Waals surface area contributed by atoms with Gasteiger partial charge in [0.25, 0.3) is 0 Å². The van der Waals surface area contributed by atoms with Crippen LogP contribution in [-0.4, -0.2) is 32.7 Å². The average Bonchev–Trinajstić information content (AvgIpc) is 3.22. The fourth-order valence-electron chi connectivity index (χ4n) is 4.49. The van der Waals surface area contributed by atoms with Crippen LogP contribution >= 0.6 is 11.8 Å². The molecule has 0 aliphatic carbocycles. The van der Waals surface area contributed by atoms with Gasteiger partial charge in [0.05, 0.1) is 16.1 Å². The van der Waals surface area contributed by atoms with Crippen LogP contribution in [0.5, 0.6) is 0 Å². The zero-order valence-electron chi connectivity index (χ0n) is 21.5. The van der Waals surface area contributed by atoms with Crippen LogP contribution in [0.2, 0.25) is 0 Å². The van der Waals surface area contributed by atoms with Crippen LogP contribution in [0.1, 0.15) is 51.0 Å². The second-order valence-electron chi connectivity index (χ2n) is 9.22. The zero-order valence-corrected chi connectivity index (χ0v) is 22.4. The number of aromatic nitrogens is 1. The number of benzene rings is 2. The van der Waals surface area contributed by atoms with E-state index in [-0.39, 0.29) is 5.91 Å². The molecule has 0 saturated carbocycles. The Kier molecular flexibility index (Phi) is 9.82. The molecular formula is C30H38N3O2S+. The van der Waals surface area contributed by atoms with Gasteiger partial charge in [-0.1, -0.05) is 43.0 Å². The largest absolute Gasteiger partial charge is 0.381 e. The number of amides is 1. The van der Waals surface area contributed by atoms with Crippen LogP contribution in [0.3, 0.4) is 0 Å². The first-order chi connectivity index (χ1) is 17.7. The number of carbonyl (C=O) groups is 1. The standard InChI is InChI=1S/C30H37N3O2S/c1-3-21-35-22-11-18-31-29(34)16-5-4-10-19-33-20-17-24(25-12-6-7-13-26(25)33)23-30-32(2)27-14-8-9-15-28(27)36-30/h6-9,12-15,17,20,23H,3-5,10-11,16,18-19,21-22H2,1-2H3/p+1. The summed E-state index contributed by atoms with van der Waals surface area (Å²) in [6.45, 7) is 5.27. The fraction of sp³-hybridized carbons (Fsp3) is 0.400. The summed E-state index contributed by atoms with van der Waals surface area (Å²) in [5.41, 5.74) is 3.75. The van der Waals surface area contributed by atoms with Crippen LogP contribution in [-0.2, 0) is 16.1 Å². The van der Waals surface area contributed by atoms with Gasteiger partial charge in [0.15, 0.2) is 6.20 Å². The summed E-state index contributed by atoms with van der Waals surface area (Å²) in [4.78, 5) is 15.6. The maximum absolute atomic E-state index is 12.0. The SMILES string of the molecule is CCCOCCCNC(=O)CCCCC[n+]1ccc(C=C2Sc3ccccc3N2C)c2ccccc21. The number of nitrogens with one attached hydrogen (secondary N) is 1. The molecule has 0 saturated heterocycles. The van der Waals surface area contributed by atoms with Crippen LogP contribution in [0.25, 0.3) is 17.0 Å². The lowest BCUT2D eigenvalue weighted by Crippen LogP contribution is -2.34. The van der Waals surface area contributed by atoms with Crippen molar-refractivity contribution >= 4 is 40.3 Å². The molecule has 2 aromatic carbocycles. The number of ether oxygens (including phenoxy) is 1. The molecule has 6 heteroatoms. The highest BCUT2D eigenvalue weighted by atomic mass is 32.2. The molecule has 1 aromatic heterocycles. The Labute approximate surface area is 219 Å². The maximum atomic E-state index is 12.0. The predicted octanol–water partition coefficient (Wildman–Crippen LogP) is 6.16. The van der Waals surface area contributed by atoms with E-state index in [0.717, 1.165) is 51.9 Å². The second kappa shape index (κ2) is 13.5. The molecule has 0 atom stereocenters. The number of hydrogen-bond donors (Lipinski definition) is 1.